The number of ether oxygens (including phenoxy) is 1. The molecule has 14 heteroatoms. The lowest BCUT2D eigenvalue weighted by Crippen LogP contribution is -2.30. The Bertz CT molecular complexity index is 1130. The molecule has 0 bridgehead atoms. The maximum Gasteiger partial charge on any atom is 0.353 e. The molecule has 2 heterocycles. The predicted molar refractivity (Wildman–Crippen MR) is 122 cm³/mol. The number of carbonyl (C=O) groups is 2. The molecule has 2 aromatic rings. The quantitative estimate of drug-likeness (QED) is 0.297. The van der Waals surface area contributed by atoms with Gasteiger partial charge < -0.3 is 18.4 Å². The van der Waals surface area contributed by atoms with Gasteiger partial charge in [-0.25, -0.2) is 9.37 Å². The van der Waals surface area contributed by atoms with E-state index in [4.69, 9.17) is 25.4 Å². The van der Waals surface area contributed by atoms with Crippen molar-refractivity contribution in [3.05, 3.63) is 23.4 Å². The summed E-state index contributed by atoms with van der Waals surface area (Å²) in [6.45, 7) is 6.15. The van der Waals surface area contributed by atoms with Crippen molar-refractivity contribution >= 4 is 48.2 Å². The second-order valence-electron chi connectivity index (χ2n) is 7.55. The number of halogens is 2. The molecule has 0 spiro atoms. The van der Waals surface area contributed by atoms with Crippen LogP contribution in [0.25, 0.3) is 11.2 Å². The van der Waals surface area contributed by atoms with Crippen LogP contribution in [-0.4, -0.2) is 56.9 Å². The van der Waals surface area contributed by atoms with Gasteiger partial charge in [0.2, 0.25) is 11.9 Å². The van der Waals surface area contributed by atoms with E-state index in [2.05, 4.69) is 20.3 Å². The number of amides is 1. The number of hydrogen-bond acceptors (Lipinski definition) is 9. The van der Waals surface area contributed by atoms with E-state index < -0.39 is 43.7 Å². The summed E-state index contributed by atoms with van der Waals surface area (Å²) in [5, 5.41) is 2.43. The lowest BCUT2D eigenvalue weighted by molar-refractivity contribution is -0.150. The molecule has 0 aliphatic heterocycles. The summed E-state index contributed by atoms with van der Waals surface area (Å²) in [5.74, 6) is -0.474. The molecule has 3 rings (SSSR count). The van der Waals surface area contributed by atoms with Crippen molar-refractivity contribution in [2.45, 2.75) is 52.4 Å². The third kappa shape index (κ3) is 5.80. The first kappa shape index (κ1) is 26.2. The number of carbonyl (C=O) groups excluding carboxylic acids is 2. The van der Waals surface area contributed by atoms with Crippen molar-refractivity contribution in [3.8, 4) is 0 Å². The van der Waals surface area contributed by atoms with Crippen LogP contribution >= 0.6 is 19.2 Å². The first-order chi connectivity index (χ1) is 16.1. The zero-order chi connectivity index (χ0) is 25.0. The van der Waals surface area contributed by atoms with Gasteiger partial charge in [-0.3, -0.25) is 19.5 Å². The number of fused-ring (bicyclic) bond motifs is 1. The van der Waals surface area contributed by atoms with E-state index in [1.54, 1.807) is 13.8 Å². The third-order valence-electron chi connectivity index (χ3n) is 5.08. The van der Waals surface area contributed by atoms with Crippen LogP contribution < -0.4 is 5.32 Å². The number of nitrogens with one attached hydrogen (secondary N) is 1. The Labute approximate surface area is 200 Å². The van der Waals surface area contributed by atoms with E-state index >= 15 is 4.39 Å². The van der Waals surface area contributed by atoms with E-state index in [-0.39, 0.29) is 41.9 Å². The highest BCUT2D eigenvalue weighted by Gasteiger charge is 2.47. The molecule has 1 aliphatic carbocycles. The van der Waals surface area contributed by atoms with Crippen molar-refractivity contribution in [2.24, 2.45) is 5.92 Å². The highest BCUT2D eigenvalue weighted by Crippen LogP contribution is 2.51. The van der Waals surface area contributed by atoms with Gasteiger partial charge in [0.05, 0.1) is 25.6 Å². The smallest absolute Gasteiger partial charge is 0.353 e. The van der Waals surface area contributed by atoms with E-state index in [0.717, 1.165) is 0 Å². The molecule has 4 unspecified atom stereocenters. The normalized spacial score (nSPS) is 23.0. The van der Waals surface area contributed by atoms with Crippen LogP contribution in [0.4, 0.5) is 10.3 Å². The highest BCUT2D eigenvalue weighted by atomic mass is 35.5. The summed E-state index contributed by atoms with van der Waals surface area (Å²) >= 11 is 6.18. The van der Waals surface area contributed by atoms with Gasteiger partial charge in [0.25, 0.3) is 0 Å². The van der Waals surface area contributed by atoms with Crippen LogP contribution in [0.5, 0.6) is 0 Å². The number of imidazole rings is 1. The number of rotatable bonds is 9. The maximum absolute atomic E-state index is 15.6. The van der Waals surface area contributed by atoms with Crippen molar-refractivity contribution in [2.75, 3.05) is 18.5 Å². The van der Waals surface area contributed by atoms with Crippen LogP contribution in [-0.2, 0) is 27.9 Å². The molecule has 1 fully saturated rings. The monoisotopic (exact) mass is 517 g/mol. The van der Waals surface area contributed by atoms with Crippen molar-refractivity contribution in [1.82, 2.24) is 19.5 Å². The average Bonchev–Trinajstić information content (AvgIpc) is 3.28. The molecule has 4 atom stereocenters. The standard InChI is InChI=1S/C20H26ClFN5O6P/c1-5-31-34(30,32-6-2)8-7-13-9-14(15(22)17(13)33-12(4)29)27-10-23-16-18(21)25-20(24-11(3)28)26-19(16)27/h7-8,10,13-15,17H,5-6,9H2,1-4H3,(H,24,25,26,28). The Morgan fingerprint density at radius 2 is 1.97 bits per heavy atom. The molecule has 34 heavy (non-hydrogen) atoms. The maximum atomic E-state index is 15.6. The zero-order valence-corrected chi connectivity index (χ0v) is 20.8. The number of anilines is 1. The molecule has 0 radical (unpaired) electrons. The number of aromatic nitrogens is 4. The predicted octanol–water partition coefficient (Wildman–Crippen LogP) is 4.05. The van der Waals surface area contributed by atoms with Crippen LogP contribution in [0.3, 0.4) is 0 Å². The fourth-order valence-electron chi connectivity index (χ4n) is 3.83. The Morgan fingerprint density at radius 3 is 2.56 bits per heavy atom. The second kappa shape index (κ2) is 10.9. The summed E-state index contributed by atoms with van der Waals surface area (Å²) < 4.78 is 45.7. The SMILES string of the molecule is CCOP(=O)(C=CC1CC(n2cnc3c(Cl)nc(NC(C)=O)nc32)C(F)C1OC(C)=O)OCC. The zero-order valence-electron chi connectivity index (χ0n) is 19.1. The lowest BCUT2D eigenvalue weighted by atomic mass is 10.1. The number of alkyl halides is 1. The molecule has 1 N–H and O–H groups in total. The Hall–Kier alpha value is -2.40. The second-order valence-corrected chi connectivity index (χ2v) is 9.80. The summed E-state index contributed by atoms with van der Waals surface area (Å²) in [6, 6.07) is -0.848. The fraction of sp³-hybridized carbons (Fsp3) is 0.550. The minimum atomic E-state index is -3.54. The molecule has 1 amide bonds. The van der Waals surface area contributed by atoms with Crippen LogP contribution in [0.15, 0.2) is 18.2 Å². The highest BCUT2D eigenvalue weighted by molar-refractivity contribution is 7.57. The van der Waals surface area contributed by atoms with Crippen molar-refractivity contribution < 1.29 is 32.3 Å². The van der Waals surface area contributed by atoms with Gasteiger partial charge in [0, 0.05) is 25.6 Å². The number of hydrogen-bond donors (Lipinski definition) is 1. The summed E-state index contributed by atoms with van der Waals surface area (Å²) in [4.78, 5) is 35.5. The van der Waals surface area contributed by atoms with Gasteiger partial charge in [0.15, 0.2) is 17.0 Å². The largest absolute Gasteiger partial charge is 0.459 e. The van der Waals surface area contributed by atoms with E-state index in [1.165, 1.54) is 36.6 Å². The Morgan fingerprint density at radius 1 is 1.29 bits per heavy atom. The lowest BCUT2D eigenvalue weighted by Gasteiger charge is -2.20. The molecular formula is C20H26ClFN5O6P. The first-order valence-corrected chi connectivity index (χ1v) is 12.6. The van der Waals surface area contributed by atoms with Gasteiger partial charge in [-0.1, -0.05) is 17.7 Å². The topological polar surface area (TPSA) is 135 Å². The van der Waals surface area contributed by atoms with Crippen LogP contribution in [0, 0.1) is 5.92 Å². The Kier molecular flexibility index (Phi) is 8.40. The summed E-state index contributed by atoms with van der Waals surface area (Å²) in [6.07, 6.45) is 0.224. The average molecular weight is 518 g/mol. The minimum Gasteiger partial charge on any atom is -0.459 e. The number of esters is 1. The molecule has 0 saturated heterocycles. The van der Waals surface area contributed by atoms with E-state index in [0.29, 0.717) is 0 Å². The van der Waals surface area contributed by atoms with Gasteiger partial charge in [-0.05, 0) is 20.3 Å². The van der Waals surface area contributed by atoms with Gasteiger partial charge in [-0.2, -0.15) is 9.97 Å². The van der Waals surface area contributed by atoms with Crippen LogP contribution in [0.1, 0.15) is 40.2 Å². The summed E-state index contributed by atoms with van der Waals surface area (Å²) in [7, 11) is -3.54. The number of nitrogens with zero attached hydrogens (tertiary/aromatic N) is 4. The molecule has 186 valence electrons. The van der Waals surface area contributed by atoms with Crippen molar-refractivity contribution in [1.29, 1.82) is 0 Å². The molecule has 2 aromatic heterocycles. The molecule has 1 saturated carbocycles. The molecule has 1 aliphatic rings. The van der Waals surface area contributed by atoms with Crippen molar-refractivity contribution in [3.63, 3.8) is 0 Å². The van der Waals surface area contributed by atoms with Crippen LogP contribution in [0.2, 0.25) is 5.15 Å². The fourth-order valence-corrected chi connectivity index (χ4v) is 5.45. The Balaban J connectivity index is 1.98. The van der Waals surface area contributed by atoms with Gasteiger partial charge in [-0.15, -0.1) is 0 Å². The van der Waals surface area contributed by atoms with E-state index in [1.807, 2.05) is 0 Å². The molecule has 11 nitrogen and oxygen atoms in total. The van der Waals surface area contributed by atoms with E-state index in [9.17, 15) is 14.2 Å². The minimum absolute atomic E-state index is 0.0109. The summed E-state index contributed by atoms with van der Waals surface area (Å²) in [5.41, 5.74) is 0.431. The molecule has 0 aromatic carbocycles. The first-order valence-electron chi connectivity index (χ1n) is 10.7. The van der Waals surface area contributed by atoms with Gasteiger partial charge in [0.1, 0.15) is 11.6 Å². The third-order valence-corrected chi connectivity index (χ3v) is 7.11. The van der Waals surface area contributed by atoms with Gasteiger partial charge >= 0.3 is 13.6 Å². The molecular weight excluding hydrogens is 492 g/mol.